The smallest absolute Gasteiger partial charge is 0.222 e. The average Bonchev–Trinajstić information content (AvgIpc) is 2.89. The SMILES string of the molecule is CCNC(=NCCC(CC)N1CCCC1=O)NC(C)C(C)C.I. The maximum atomic E-state index is 11.9. The highest BCUT2D eigenvalue weighted by Crippen LogP contribution is 2.18. The fraction of sp³-hybridized carbons (Fsp3) is 0.882. The van der Waals surface area contributed by atoms with Crippen LogP contribution in [-0.2, 0) is 4.79 Å². The van der Waals surface area contributed by atoms with E-state index in [9.17, 15) is 4.79 Å². The van der Waals surface area contributed by atoms with Crippen LogP contribution in [0.25, 0.3) is 0 Å². The van der Waals surface area contributed by atoms with Gasteiger partial charge in [0.25, 0.3) is 0 Å². The molecule has 1 saturated heterocycles. The van der Waals surface area contributed by atoms with Crippen molar-refractivity contribution in [2.45, 2.75) is 72.4 Å². The second-order valence-corrected chi connectivity index (χ2v) is 6.48. The Morgan fingerprint density at radius 3 is 2.48 bits per heavy atom. The number of likely N-dealkylation sites (tertiary alicyclic amines) is 1. The summed E-state index contributed by atoms with van der Waals surface area (Å²) in [6.45, 7) is 13.3. The molecule has 1 rings (SSSR count). The van der Waals surface area contributed by atoms with Crippen molar-refractivity contribution in [3.8, 4) is 0 Å². The zero-order valence-electron chi connectivity index (χ0n) is 15.4. The van der Waals surface area contributed by atoms with E-state index in [4.69, 9.17) is 0 Å². The van der Waals surface area contributed by atoms with E-state index in [1.807, 2.05) is 4.90 Å². The third-order valence-corrected chi connectivity index (χ3v) is 4.46. The molecule has 136 valence electrons. The molecule has 0 radical (unpaired) electrons. The van der Waals surface area contributed by atoms with Gasteiger partial charge < -0.3 is 15.5 Å². The maximum absolute atomic E-state index is 11.9. The summed E-state index contributed by atoms with van der Waals surface area (Å²) in [7, 11) is 0. The molecule has 0 bridgehead atoms. The van der Waals surface area contributed by atoms with Crippen molar-refractivity contribution in [2.24, 2.45) is 10.9 Å². The Bertz CT molecular complexity index is 374. The second kappa shape index (κ2) is 11.9. The van der Waals surface area contributed by atoms with Gasteiger partial charge in [-0.3, -0.25) is 9.79 Å². The molecule has 1 heterocycles. The molecule has 2 N–H and O–H groups in total. The topological polar surface area (TPSA) is 56.7 Å². The Morgan fingerprint density at radius 2 is 2.00 bits per heavy atom. The Labute approximate surface area is 159 Å². The number of amides is 1. The monoisotopic (exact) mass is 438 g/mol. The van der Waals surface area contributed by atoms with E-state index in [0.717, 1.165) is 51.3 Å². The summed E-state index contributed by atoms with van der Waals surface area (Å²) in [4.78, 5) is 18.6. The van der Waals surface area contributed by atoms with Crippen molar-refractivity contribution < 1.29 is 4.79 Å². The fourth-order valence-corrected chi connectivity index (χ4v) is 2.66. The van der Waals surface area contributed by atoms with Crippen molar-refractivity contribution in [1.82, 2.24) is 15.5 Å². The van der Waals surface area contributed by atoms with Gasteiger partial charge in [-0.15, -0.1) is 24.0 Å². The third kappa shape index (κ3) is 7.72. The molecule has 0 aliphatic carbocycles. The van der Waals surface area contributed by atoms with Crippen molar-refractivity contribution in [3.63, 3.8) is 0 Å². The molecule has 1 aliphatic rings. The molecule has 5 nitrogen and oxygen atoms in total. The molecule has 0 aromatic carbocycles. The lowest BCUT2D eigenvalue weighted by Gasteiger charge is -2.26. The van der Waals surface area contributed by atoms with Gasteiger partial charge in [-0.05, 0) is 39.0 Å². The first kappa shape index (κ1) is 22.5. The van der Waals surface area contributed by atoms with Crippen LogP contribution in [0.4, 0.5) is 0 Å². The van der Waals surface area contributed by atoms with Gasteiger partial charge in [0.1, 0.15) is 0 Å². The van der Waals surface area contributed by atoms with Crippen LogP contribution in [0.5, 0.6) is 0 Å². The van der Waals surface area contributed by atoms with Gasteiger partial charge in [-0.25, -0.2) is 0 Å². The lowest BCUT2D eigenvalue weighted by atomic mass is 10.1. The summed E-state index contributed by atoms with van der Waals surface area (Å²) in [5, 5.41) is 6.74. The lowest BCUT2D eigenvalue weighted by Crippen LogP contribution is -2.44. The van der Waals surface area contributed by atoms with E-state index in [-0.39, 0.29) is 24.0 Å². The minimum Gasteiger partial charge on any atom is -0.357 e. The number of rotatable bonds is 8. The molecule has 1 amide bonds. The highest BCUT2D eigenvalue weighted by Gasteiger charge is 2.26. The number of aliphatic imine (C=N–C) groups is 1. The normalized spacial score (nSPS) is 17.9. The second-order valence-electron chi connectivity index (χ2n) is 6.48. The van der Waals surface area contributed by atoms with Crippen LogP contribution in [0.1, 0.15) is 60.3 Å². The Morgan fingerprint density at radius 1 is 1.30 bits per heavy atom. The number of nitrogens with zero attached hydrogens (tertiary/aromatic N) is 2. The summed E-state index contributed by atoms with van der Waals surface area (Å²) in [6.07, 6.45) is 3.67. The molecule has 0 aromatic rings. The zero-order chi connectivity index (χ0) is 16.5. The predicted octanol–water partition coefficient (Wildman–Crippen LogP) is 3.00. The summed E-state index contributed by atoms with van der Waals surface area (Å²) in [6, 6.07) is 0.726. The molecule has 2 unspecified atom stereocenters. The Hall–Kier alpha value is -0.530. The third-order valence-electron chi connectivity index (χ3n) is 4.46. The van der Waals surface area contributed by atoms with Crippen molar-refractivity contribution >= 4 is 35.8 Å². The van der Waals surface area contributed by atoms with Crippen LogP contribution in [0.3, 0.4) is 0 Å². The molecule has 23 heavy (non-hydrogen) atoms. The predicted molar refractivity (Wildman–Crippen MR) is 108 cm³/mol. The van der Waals surface area contributed by atoms with Crippen molar-refractivity contribution in [2.75, 3.05) is 19.6 Å². The van der Waals surface area contributed by atoms with E-state index >= 15 is 0 Å². The minimum absolute atomic E-state index is 0. The average molecular weight is 438 g/mol. The number of hydrogen-bond donors (Lipinski definition) is 2. The number of carbonyl (C=O) groups excluding carboxylic acids is 1. The molecular weight excluding hydrogens is 403 g/mol. The van der Waals surface area contributed by atoms with Crippen LogP contribution in [0, 0.1) is 5.92 Å². The van der Waals surface area contributed by atoms with Crippen molar-refractivity contribution in [3.05, 3.63) is 0 Å². The summed E-state index contributed by atoms with van der Waals surface area (Å²) in [5.41, 5.74) is 0. The molecular formula is C17H35IN4O. The number of guanidine groups is 1. The first-order valence-electron chi connectivity index (χ1n) is 8.83. The van der Waals surface area contributed by atoms with E-state index in [1.165, 1.54) is 0 Å². The molecule has 0 saturated carbocycles. The van der Waals surface area contributed by atoms with Crippen LogP contribution in [-0.4, -0.2) is 48.5 Å². The molecule has 2 atom stereocenters. The lowest BCUT2D eigenvalue weighted by molar-refractivity contribution is -0.129. The van der Waals surface area contributed by atoms with E-state index in [1.54, 1.807) is 0 Å². The summed E-state index contributed by atoms with van der Waals surface area (Å²) >= 11 is 0. The zero-order valence-corrected chi connectivity index (χ0v) is 17.7. The van der Waals surface area contributed by atoms with Gasteiger partial charge in [0, 0.05) is 38.1 Å². The van der Waals surface area contributed by atoms with Crippen LogP contribution in [0.2, 0.25) is 0 Å². The molecule has 6 heteroatoms. The van der Waals surface area contributed by atoms with E-state index in [2.05, 4.69) is 50.2 Å². The molecule has 1 aliphatic heterocycles. The van der Waals surface area contributed by atoms with Gasteiger partial charge in [-0.1, -0.05) is 20.8 Å². The van der Waals surface area contributed by atoms with Crippen molar-refractivity contribution in [1.29, 1.82) is 0 Å². The number of carbonyl (C=O) groups is 1. The van der Waals surface area contributed by atoms with Gasteiger partial charge in [0.2, 0.25) is 5.91 Å². The van der Waals surface area contributed by atoms with Gasteiger partial charge in [-0.2, -0.15) is 0 Å². The number of nitrogens with one attached hydrogen (secondary N) is 2. The fourth-order valence-electron chi connectivity index (χ4n) is 2.66. The van der Waals surface area contributed by atoms with Gasteiger partial charge >= 0.3 is 0 Å². The first-order chi connectivity index (χ1) is 10.5. The van der Waals surface area contributed by atoms with Gasteiger partial charge in [0.15, 0.2) is 5.96 Å². The molecule has 0 spiro atoms. The number of hydrogen-bond acceptors (Lipinski definition) is 2. The van der Waals surface area contributed by atoms with E-state index in [0.29, 0.717) is 23.9 Å². The maximum Gasteiger partial charge on any atom is 0.222 e. The summed E-state index contributed by atoms with van der Waals surface area (Å²) in [5.74, 6) is 1.76. The summed E-state index contributed by atoms with van der Waals surface area (Å²) < 4.78 is 0. The Kier molecular flexibility index (Phi) is 11.6. The quantitative estimate of drug-likeness (QED) is 0.348. The molecule has 0 aromatic heterocycles. The van der Waals surface area contributed by atoms with E-state index < -0.39 is 0 Å². The first-order valence-corrected chi connectivity index (χ1v) is 8.83. The number of halogens is 1. The van der Waals surface area contributed by atoms with Crippen LogP contribution >= 0.6 is 24.0 Å². The largest absolute Gasteiger partial charge is 0.357 e. The minimum atomic E-state index is 0. The molecule has 1 fully saturated rings. The highest BCUT2D eigenvalue weighted by atomic mass is 127. The van der Waals surface area contributed by atoms with Crippen LogP contribution < -0.4 is 10.6 Å². The van der Waals surface area contributed by atoms with Crippen LogP contribution in [0.15, 0.2) is 4.99 Å². The highest BCUT2D eigenvalue weighted by molar-refractivity contribution is 14.0. The van der Waals surface area contributed by atoms with Gasteiger partial charge in [0.05, 0.1) is 0 Å². The Balaban J connectivity index is 0.00000484. The standard InChI is InChI=1S/C17H34N4O.HI/c1-6-15(21-12-8-9-16(21)22)10-11-19-17(18-7-2)20-14(5)13(3)4;/h13-15H,6-12H2,1-5H3,(H2,18,19,20);1H.